The number of hydrogen-bond acceptors (Lipinski definition) is 3. The molecular weight excluding hydrogens is 178 g/mol. The smallest absolute Gasteiger partial charge is 0.220 e. The molecule has 4 nitrogen and oxygen atoms in total. The van der Waals surface area contributed by atoms with E-state index in [1.54, 1.807) is 0 Å². The lowest BCUT2D eigenvalue weighted by molar-refractivity contribution is -0.121. The van der Waals surface area contributed by atoms with E-state index in [0.717, 1.165) is 13.1 Å². The Hall–Kier alpha value is -0.870. The Balaban J connectivity index is 0.00000196. The van der Waals surface area contributed by atoms with Crippen LogP contribution >= 0.6 is 0 Å². The van der Waals surface area contributed by atoms with Crippen LogP contribution in [0.5, 0.6) is 0 Å². The number of hydrogen-bond donors (Lipinski definition) is 2. The van der Waals surface area contributed by atoms with E-state index in [2.05, 4.69) is 10.7 Å². The van der Waals surface area contributed by atoms with Crippen LogP contribution in [0.4, 0.5) is 0 Å². The van der Waals surface area contributed by atoms with Gasteiger partial charge in [0.2, 0.25) is 5.91 Å². The standard InChI is InChI=1S/C10H19N3O.H2/c1-3-4-5-11-10(14)6-9-7-12-13(2)8-9;/h3-4,9,12H,5-8H2,1-2H3,(H,11,14);1H/b4-3+;. The van der Waals surface area contributed by atoms with Crippen LogP contribution < -0.4 is 10.7 Å². The zero-order valence-electron chi connectivity index (χ0n) is 8.92. The molecule has 0 aromatic rings. The van der Waals surface area contributed by atoms with E-state index in [1.807, 2.05) is 31.1 Å². The minimum Gasteiger partial charge on any atom is -0.353 e. The summed E-state index contributed by atoms with van der Waals surface area (Å²) in [5.74, 6) is 0.593. The van der Waals surface area contributed by atoms with E-state index in [1.165, 1.54) is 0 Å². The van der Waals surface area contributed by atoms with E-state index < -0.39 is 0 Å². The largest absolute Gasteiger partial charge is 0.353 e. The fraction of sp³-hybridized carbons (Fsp3) is 0.700. The number of nitrogens with zero attached hydrogens (tertiary/aromatic N) is 1. The lowest BCUT2D eigenvalue weighted by Crippen LogP contribution is -2.27. The van der Waals surface area contributed by atoms with Crippen molar-refractivity contribution in [2.75, 3.05) is 26.7 Å². The van der Waals surface area contributed by atoms with Crippen molar-refractivity contribution in [2.24, 2.45) is 5.92 Å². The summed E-state index contributed by atoms with van der Waals surface area (Å²) in [6.45, 7) is 4.46. The molecule has 0 saturated carbocycles. The molecular formula is C10H21N3O. The summed E-state index contributed by atoms with van der Waals surface area (Å²) in [7, 11) is 2.00. The molecule has 1 saturated heterocycles. The highest BCUT2D eigenvalue weighted by Crippen LogP contribution is 2.08. The van der Waals surface area contributed by atoms with Gasteiger partial charge in [0.1, 0.15) is 0 Å². The maximum absolute atomic E-state index is 11.4. The molecule has 82 valence electrons. The van der Waals surface area contributed by atoms with Crippen molar-refractivity contribution in [1.82, 2.24) is 15.8 Å². The molecule has 14 heavy (non-hydrogen) atoms. The highest BCUT2D eigenvalue weighted by atomic mass is 16.1. The predicted octanol–water partition coefficient (Wildman–Crippen LogP) is 0.381. The zero-order chi connectivity index (χ0) is 10.4. The zero-order valence-corrected chi connectivity index (χ0v) is 8.92. The number of amides is 1. The minimum absolute atomic E-state index is 0. The first-order valence-corrected chi connectivity index (χ1v) is 5.05. The third kappa shape index (κ3) is 3.89. The molecule has 2 N–H and O–H groups in total. The van der Waals surface area contributed by atoms with Crippen molar-refractivity contribution in [1.29, 1.82) is 0 Å². The van der Waals surface area contributed by atoms with Crippen molar-refractivity contribution in [3.63, 3.8) is 0 Å². The molecule has 0 aliphatic carbocycles. The van der Waals surface area contributed by atoms with Gasteiger partial charge >= 0.3 is 0 Å². The highest BCUT2D eigenvalue weighted by Gasteiger charge is 2.21. The average molecular weight is 199 g/mol. The van der Waals surface area contributed by atoms with Gasteiger partial charge in [-0.2, -0.15) is 0 Å². The summed E-state index contributed by atoms with van der Waals surface area (Å²) in [6, 6.07) is 0. The van der Waals surface area contributed by atoms with Crippen molar-refractivity contribution in [3.8, 4) is 0 Å². The molecule has 1 amide bonds. The topological polar surface area (TPSA) is 44.4 Å². The molecule has 1 atom stereocenters. The van der Waals surface area contributed by atoms with Crippen LogP contribution in [0.15, 0.2) is 12.2 Å². The molecule has 0 bridgehead atoms. The molecule has 0 aromatic heterocycles. The van der Waals surface area contributed by atoms with Crippen molar-refractivity contribution >= 4 is 5.91 Å². The predicted molar refractivity (Wildman–Crippen MR) is 58.7 cm³/mol. The summed E-state index contributed by atoms with van der Waals surface area (Å²) in [4.78, 5) is 11.4. The second-order valence-corrected chi connectivity index (χ2v) is 3.69. The van der Waals surface area contributed by atoms with Crippen molar-refractivity contribution < 1.29 is 6.22 Å². The summed E-state index contributed by atoms with van der Waals surface area (Å²) >= 11 is 0. The molecule has 1 unspecified atom stereocenters. The quantitative estimate of drug-likeness (QED) is 0.643. The van der Waals surface area contributed by atoms with Crippen molar-refractivity contribution in [2.45, 2.75) is 13.3 Å². The lowest BCUT2D eigenvalue weighted by Gasteiger charge is -2.08. The Bertz CT molecular complexity index is 221. The van der Waals surface area contributed by atoms with Crippen LogP contribution in [0.1, 0.15) is 14.8 Å². The van der Waals surface area contributed by atoms with Crippen LogP contribution in [-0.2, 0) is 4.79 Å². The van der Waals surface area contributed by atoms with Crippen LogP contribution in [0, 0.1) is 5.92 Å². The number of allylic oxidation sites excluding steroid dienone is 1. The number of rotatable bonds is 4. The van der Waals surface area contributed by atoms with Crippen LogP contribution in [0.3, 0.4) is 0 Å². The molecule has 1 aliphatic heterocycles. The number of carbonyl (C=O) groups excluding carboxylic acids is 1. The molecule has 0 spiro atoms. The Labute approximate surface area is 86.8 Å². The Morgan fingerprint density at radius 1 is 1.79 bits per heavy atom. The van der Waals surface area contributed by atoms with Crippen LogP contribution in [-0.4, -0.2) is 37.6 Å². The fourth-order valence-corrected chi connectivity index (χ4v) is 1.56. The second kappa shape index (κ2) is 5.78. The summed E-state index contributed by atoms with van der Waals surface area (Å²) in [5, 5.41) is 4.88. The van der Waals surface area contributed by atoms with Gasteiger partial charge in [0.15, 0.2) is 0 Å². The third-order valence-corrected chi connectivity index (χ3v) is 2.31. The number of nitrogens with one attached hydrogen (secondary N) is 2. The average Bonchev–Trinajstić information content (AvgIpc) is 2.52. The maximum atomic E-state index is 11.4. The maximum Gasteiger partial charge on any atom is 0.220 e. The van der Waals surface area contributed by atoms with Gasteiger partial charge in [0, 0.05) is 34.5 Å². The number of carbonyl (C=O) groups is 1. The SMILES string of the molecule is C/C=C/CNC(=O)CC1CNN(C)C1.[HH]. The molecule has 1 fully saturated rings. The number of hydrazine groups is 1. The second-order valence-electron chi connectivity index (χ2n) is 3.69. The lowest BCUT2D eigenvalue weighted by atomic mass is 10.1. The van der Waals surface area contributed by atoms with Gasteiger partial charge in [0.25, 0.3) is 0 Å². The molecule has 1 heterocycles. The van der Waals surface area contributed by atoms with Gasteiger partial charge in [-0.15, -0.1) is 0 Å². The minimum atomic E-state index is 0. The van der Waals surface area contributed by atoms with Gasteiger partial charge in [-0.3, -0.25) is 10.2 Å². The normalized spacial score (nSPS) is 23.1. The van der Waals surface area contributed by atoms with E-state index in [4.69, 9.17) is 0 Å². The Morgan fingerprint density at radius 3 is 3.14 bits per heavy atom. The van der Waals surface area contributed by atoms with Crippen molar-refractivity contribution in [3.05, 3.63) is 12.2 Å². The third-order valence-electron chi connectivity index (χ3n) is 2.31. The Morgan fingerprint density at radius 2 is 2.57 bits per heavy atom. The van der Waals surface area contributed by atoms with Gasteiger partial charge in [-0.25, -0.2) is 5.01 Å². The van der Waals surface area contributed by atoms with Gasteiger partial charge < -0.3 is 5.32 Å². The first kappa shape index (κ1) is 11.2. The van der Waals surface area contributed by atoms with Crippen LogP contribution in [0.25, 0.3) is 0 Å². The molecule has 0 aromatic carbocycles. The first-order chi connectivity index (χ1) is 6.72. The fourth-order valence-electron chi connectivity index (χ4n) is 1.56. The summed E-state index contributed by atoms with van der Waals surface area (Å²) in [6.07, 6.45) is 4.50. The highest BCUT2D eigenvalue weighted by molar-refractivity contribution is 5.76. The van der Waals surface area contributed by atoms with Gasteiger partial charge in [0.05, 0.1) is 0 Å². The van der Waals surface area contributed by atoms with E-state index in [9.17, 15) is 4.79 Å². The molecule has 1 aliphatic rings. The summed E-state index contributed by atoms with van der Waals surface area (Å²) < 4.78 is 0. The molecule has 0 radical (unpaired) electrons. The Kier molecular flexibility index (Phi) is 4.62. The van der Waals surface area contributed by atoms with E-state index in [0.29, 0.717) is 18.9 Å². The van der Waals surface area contributed by atoms with E-state index in [-0.39, 0.29) is 7.33 Å². The van der Waals surface area contributed by atoms with Crippen LogP contribution in [0.2, 0.25) is 0 Å². The first-order valence-electron chi connectivity index (χ1n) is 5.05. The molecule has 4 heteroatoms. The van der Waals surface area contributed by atoms with E-state index >= 15 is 0 Å². The molecule has 1 rings (SSSR count). The van der Waals surface area contributed by atoms with Gasteiger partial charge in [-0.05, 0) is 12.8 Å². The summed E-state index contributed by atoms with van der Waals surface area (Å²) in [5.41, 5.74) is 3.18. The van der Waals surface area contributed by atoms with Gasteiger partial charge in [-0.1, -0.05) is 12.2 Å². The monoisotopic (exact) mass is 199 g/mol.